The Balaban J connectivity index is 1.85. The molecule has 0 saturated carbocycles. The van der Waals surface area contributed by atoms with Gasteiger partial charge in [-0.2, -0.15) is 5.10 Å². The molecule has 0 aliphatic rings. The summed E-state index contributed by atoms with van der Waals surface area (Å²) in [4.78, 5) is 12.1. The van der Waals surface area contributed by atoms with Crippen molar-refractivity contribution in [2.75, 3.05) is 6.61 Å². The van der Waals surface area contributed by atoms with Gasteiger partial charge in [-0.15, -0.1) is 0 Å². The van der Waals surface area contributed by atoms with Gasteiger partial charge in [-0.3, -0.25) is 4.79 Å². The average Bonchev–Trinajstić information content (AvgIpc) is 3.18. The number of carbonyl (C=O) groups is 1. The van der Waals surface area contributed by atoms with Crippen molar-refractivity contribution in [3.63, 3.8) is 0 Å². The second-order valence-corrected chi connectivity index (χ2v) is 7.58. The molecule has 4 rings (SSSR count). The van der Waals surface area contributed by atoms with Gasteiger partial charge in [0.25, 0.3) is 0 Å². The van der Waals surface area contributed by atoms with Crippen LogP contribution >= 0.6 is 0 Å². The summed E-state index contributed by atoms with van der Waals surface area (Å²) in [5.41, 5.74) is 1.72. The molecule has 2 unspecified atom stereocenters. The Bertz CT molecular complexity index is 1190. The van der Waals surface area contributed by atoms with E-state index in [4.69, 9.17) is 0 Å². The van der Waals surface area contributed by atoms with E-state index in [0.717, 1.165) is 27.7 Å². The molecule has 0 radical (unpaired) electrons. The van der Waals surface area contributed by atoms with Crippen LogP contribution in [-0.4, -0.2) is 32.6 Å². The van der Waals surface area contributed by atoms with Gasteiger partial charge in [0.05, 0.1) is 29.4 Å². The number of nitrogens with zero attached hydrogens (tertiary/aromatic N) is 2. The smallest absolute Gasteiger partial charge is 0.312 e. The summed E-state index contributed by atoms with van der Waals surface area (Å²) in [6.07, 6.45) is 1.70. The highest BCUT2D eigenvalue weighted by Gasteiger charge is 2.43. The van der Waals surface area contributed by atoms with E-state index in [1.165, 1.54) is 12.1 Å². The highest BCUT2D eigenvalue weighted by molar-refractivity contribution is 5.82. The molecule has 0 bridgehead atoms. The zero-order valence-corrected chi connectivity index (χ0v) is 16.4. The number of aliphatic hydroxyl groups is 1. The zero-order valence-electron chi connectivity index (χ0n) is 16.4. The van der Waals surface area contributed by atoms with E-state index in [1.807, 2.05) is 48.5 Å². The third kappa shape index (κ3) is 3.35. The number of benzene rings is 3. The highest BCUT2D eigenvalue weighted by Crippen LogP contribution is 2.42. The Morgan fingerprint density at radius 2 is 1.77 bits per heavy atom. The van der Waals surface area contributed by atoms with Crippen molar-refractivity contribution in [2.24, 2.45) is 5.41 Å². The number of carboxylic acids is 1. The van der Waals surface area contributed by atoms with Crippen LogP contribution in [-0.2, 0) is 4.79 Å². The van der Waals surface area contributed by atoms with Gasteiger partial charge < -0.3 is 10.2 Å². The summed E-state index contributed by atoms with van der Waals surface area (Å²) in [5, 5.41) is 25.2. The fourth-order valence-electron chi connectivity index (χ4n) is 3.88. The highest BCUT2D eigenvalue weighted by atomic mass is 19.1. The lowest BCUT2D eigenvalue weighted by Gasteiger charge is -2.33. The summed E-state index contributed by atoms with van der Waals surface area (Å²) in [7, 11) is 0. The van der Waals surface area contributed by atoms with Crippen molar-refractivity contribution >= 4 is 16.9 Å². The second-order valence-electron chi connectivity index (χ2n) is 7.58. The lowest BCUT2D eigenvalue weighted by Crippen LogP contribution is -2.38. The predicted octanol–water partition coefficient (Wildman–Crippen LogP) is 4.38. The largest absolute Gasteiger partial charge is 0.481 e. The summed E-state index contributed by atoms with van der Waals surface area (Å²) in [5.74, 6) is -1.94. The Labute approximate surface area is 173 Å². The first-order chi connectivity index (χ1) is 14.4. The molecule has 152 valence electrons. The molecular formula is C24H21FN2O3. The molecule has 0 aliphatic carbocycles. The van der Waals surface area contributed by atoms with E-state index in [-0.39, 0.29) is 5.82 Å². The Morgan fingerprint density at radius 1 is 1.07 bits per heavy atom. The van der Waals surface area contributed by atoms with Crippen molar-refractivity contribution in [3.05, 3.63) is 95.9 Å². The Morgan fingerprint density at radius 3 is 2.40 bits per heavy atom. The number of aliphatic carboxylic acids is 1. The van der Waals surface area contributed by atoms with Crippen LogP contribution in [0.25, 0.3) is 16.6 Å². The van der Waals surface area contributed by atoms with Gasteiger partial charge in [0.2, 0.25) is 0 Å². The zero-order chi connectivity index (χ0) is 21.3. The number of aliphatic hydroxyl groups excluding tert-OH is 1. The van der Waals surface area contributed by atoms with Crippen LogP contribution in [0.15, 0.2) is 79.0 Å². The number of hydrogen-bond donors (Lipinski definition) is 2. The maximum absolute atomic E-state index is 13.3. The van der Waals surface area contributed by atoms with Crippen molar-refractivity contribution in [2.45, 2.75) is 12.8 Å². The summed E-state index contributed by atoms with van der Waals surface area (Å²) in [6.45, 7) is 1.05. The van der Waals surface area contributed by atoms with E-state index in [1.54, 1.807) is 29.9 Å². The van der Waals surface area contributed by atoms with Crippen LogP contribution in [0.4, 0.5) is 4.39 Å². The topological polar surface area (TPSA) is 75.3 Å². The van der Waals surface area contributed by atoms with E-state index in [9.17, 15) is 19.4 Å². The third-order valence-corrected chi connectivity index (χ3v) is 5.58. The number of fused-ring (bicyclic) bond motifs is 1. The lowest BCUT2D eigenvalue weighted by molar-refractivity contribution is -0.151. The first kappa shape index (κ1) is 19.8. The van der Waals surface area contributed by atoms with Gasteiger partial charge in [0.1, 0.15) is 5.82 Å². The Hall–Kier alpha value is -3.51. The first-order valence-corrected chi connectivity index (χ1v) is 9.57. The molecule has 0 spiro atoms. The third-order valence-electron chi connectivity index (χ3n) is 5.58. The van der Waals surface area contributed by atoms with Gasteiger partial charge in [-0.1, -0.05) is 36.4 Å². The SMILES string of the molecule is CC(CO)(C(=O)O)C(c1ccccc1)c1ccc2c(cnn2-c2ccc(F)cc2)c1. The molecule has 0 saturated heterocycles. The molecule has 0 fully saturated rings. The standard InChI is InChI=1S/C24H21FN2O3/c1-24(15-28,23(29)30)22(16-5-3-2-4-6-16)17-7-12-21-18(13-17)14-26-27(21)20-10-8-19(25)9-11-20/h2-14,22,28H,15H2,1H3,(H,29,30). The molecule has 1 aromatic heterocycles. The molecule has 2 N–H and O–H groups in total. The summed E-state index contributed by atoms with van der Waals surface area (Å²) >= 11 is 0. The molecule has 3 aromatic carbocycles. The minimum absolute atomic E-state index is 0.319. The van der Waals surface area contributed by atoms with Gasteiger partial charge in [-0.05, 0) is 54.4 Å². The number of hydrogen-bond acceptors (Lipinski definition) is 3. The molecule has 2 atom stereocenters. The van der Waals surface area contributed by atoms with Crippen LogP contribution in [0.2, 0.25) is 0 Å². The lowest BCUT2D eigenvalue weighted by atomic mass is 9.70. The fraction of sp³-hybridized carbons (Fsp3) is 0.167. The molecule has 4 aromatic rings. The van der Waals surface area contributed by atoms with Crippen LogP contribution in [0, 0.1) is 11.2 Å². The number of carboxylic acid groups (broad SMARTS) is 1. The van der Waals surface area contributed by atoms with Crippen LogP contribution < -0.4 is 0 Å². The van der Waals surface area contributed by atoms with Gasteiger partial charge in [0, 0.05) is 11.3 Å². The maximum atomic E-state index is 13.3. The number of rotatable bonds is 6. The molecular weight excluding hydrogens is 383 g/mol. The van der Waals surface area contributed by atoms with Crippen LogP contribution in [0.3, 0.4) is 0 Å². The van der Waals surface area contributed by atoms with E-state index >= 15 is 0 Å². The second kappa shape index (κ2) is 7.72. The minimum Gasteiger partial charge on any atom is -0.481 e. The molecule has 6 heteroatoms. The number of halogens is 1. The van der Waals surface area contributed by atoms with Gasteiger partial charge in [-0.25, -0.2) is 9.07 Å². The minimum atomic E-state index is -1.40. The molecule has 30 heavy (non-hydrogen) atoms. The molecule has 0 amide bonds. The molecule has 1 heterocycles. The fourth-order valence-corrected chi connectivity index (χ4v) is 3.88. The quantitative estimate of drug-likeness (QED) is 0.500. The molecule has 5 nitrogen and oxygen atoms in total. The summed E-state index contributed by atoms with van der Waals surface area (Å²) in [6, 6.07) is 21.0. The summed E-state index contributed by atoms with van der Waals surface area (Å²) < 4.78 is 15.0. The first-order valence-electron chi connectivity index (χ1n) is 9.57. The van der Waals surface area contributed by atoms with Crippen LogP contribution in [0.1, 0.15) is 24.0 Å². The van der Waals surface area contributed by atoms with Gasteiger partial charge in [0.15, 0.2) is 0 Å². The van der Waals surface area contributed by atoms with E-state index in [2.05, 4.69) is 5.10 Å². The maximum Gasteiger partial charge on any atom is 0.312 e. The number of aromatic nitrogens is 2. The normalized spacial score (nSPS) is 14.4. The van der Waals surface area contributed by atoms with E-state index in [0.29, 0.717) is 0 Å². The van der Waals surface area contributed by atoms with Crippen molar-refractivity contribution in [1.82, 2.24) is 9.78 Å². The van der Waals surface area contributed by atoms with Gasteiger partial charge >= 0.3 is 5.97 Å². The predicted molar refractivity (Wildman–Crippen MR) is 112 cm³/mol. The monoisotopic (exact) mass is 404 g/mol. The van der Waals surface area contributed by atoms with Crippen molar-refractivity contribution < 1.29 is 19.4 Å². The molecule has 0 aliphatic heterocycles. The van der Waals surface area contributed by atoms with E-state index < -0.39 is 23.9 Å². The van der Waals surface area contributed by atoms with Crippen molar-refractivity contribution in [3.8, 4) is 5.69 Å². The average molecular weight is 404 g/mol. The van der Waals surface area contributed by atoms with Crippen LogP contribution in [0.5, 0.6) is 0 Å². The van der Waals surface area contributed by atoms with Crippen molar-refractivity contribution in [1.29, 1.82) is 0 Å². The Kier molecular flexibility index (Phi) is 5.10.